The van der Waals surface area contributed by atoms with E-state index in [0.29, 0.717) is 0 Å². The summed E-state index contributed by atoms with van der Waals surface area (Å²) in [6.45, 7) is 4.01. The van der Waals surface area contributed by atoms with Gasteiger partial charge in [-0.1, -0.05) is 36.4 Å². The fourth-order valence-corrected chi connectivity index (χ4v) is 4.03. The molecule has 2 atom stereocenters. The van der Waals surface area contributed by atoms with E-state index in [1.807, 2.05) is 55.9 Å². The second-order valence-corrected chi connectivity index (χ2v) is 6.67. The molecule has 1 heterocycles. The first-order chi connectivity index (χ1) is 10.2. The smallest absolute Gasteiger partial charge is 0.125 e. The first-order valence-electron chi connectivity index (χ1n) is 7.32. The third-order valence-corrected chi connectivity index (χ3v) is 4.93. The van der Waals surface area contributed by atoms with Gasteiger partial charge in [0.2, 0.25) is 0 Å². The number of rotatable bonds is 4. The van der Waals surface area contributed by atoms with Crippen LogP contribution in [0.2, 0.25) is 0 Å². The molecule has 0 radical (unpaired) electrons. The lowest BCUT2D eigenvalue weighted by Crippen LogP contribution is -2.14. The van der Waals surface area contributed by atoms with Crippen LogP contribution in [-0.4, -0.2) is 17.0 Å². The maximum atomic E-state index is 10.9. The third kappa shape index (κ3) is 2.94. The highest BCUT2D eigenvalue weighted by molar-refractivity contribution is 7.99. The molecule has 0 aromatic heterocycles. The van der Waals surface area contributed by atoms with Crippen LogP contribution in [-0.2, 0) is 0 Å². The number of thioether (sulfide) groups is 1. The van der Waals surface area contributed by atoms with Crippen LogP contribution >= 0.6 is 11.8 Å². The van der Waals surface area contributed by atoms with E-state index < -0.39 is 6.10 Å². The van der Waals surface area contributed by atoms with Gasteiger partial charge in [-0.25, -0.2) is 0 Å². The van der Waals surface area contributed by atoms with Crippen LogP contribution in [0.3, 0.4) is 0 Å². The maximum Gasteiger partial charge on any atom is 0.125 e. The van der Waals surface area contributed by atoms with Gasteiger partial charge in [-0.15, -0.1) is 11.8 Å². The molecule has 0 saturated heterocycles. The van der Waals surface area contributed by atoms with Gasteiger partial charge >= 0.3 is 0 Å². The average Bonchev–Trinajstić information content (AvgIpc) is 2.90. The van der Waals surface area contributed by atoms with E-state index in [-0.39, 0.29) is 12.0 Å². The lowest BCUT2D eigenvalue weighted by atomic mass is 9.90. The molecular formula is C18H20O2S. The van der Waals surface area contributed by atoms with Crippen LogP contribution in [0.1, 0.15) is 37.0 Å². The Bertz CT molecular complexity index is 624. The summed E-state index contributed by atoms with van der Waals surface area (Å²) in [5.74, 6) is 1.83. The molecule has 21 heavy (non-hydrogen) atoms. The standard InChI is InChI=1S/C18H20O2S/c1-12(2)20-16-9-5-3-8-14(16)18(19)15-11-21-17-10-6-4-7-13(15)17/h3-10,12,15,18-19H,11H2,1-2H3. The molecule has 0 saturated carbocycles. The molecule has 1 N–H and O–H groups in total. The highest BCUT2D eigenvalue weighted by Crippen LogP contribution is 2.46. The highest BCUT2D eigenvalue weighted by Gasteiger charge is 2.31. The van der Waals surface area contributed by atoms with Crippen LogP contribution in [0.5, 0.6) is 5.75 Å². The first-order valence-corrected chi connectivity index (χ1v) is 8.30. The fraction of sp³-hybridized carbons (Fsp3) is 0.333. The molecule has 0 spiro atoms. The highest BCUT2D eigenvalue weighted by atomic mass is 32.2. The maximum absolute atomic E-state index is 10.9. The minimum atomic E-state index is -0.531. The van der Waals surface area contributed by atoms with E-state index in [1.54, 1.807) is 0 Å². The van der Waals surface area contributed by atoms with E-state index >= 15 is 0 Å². The van der Waals surface area contributed by atoms with Gasteiger partial charge in [-0.3, -0.25) is 0 Å². The quantitative estimate of drug-likeness (QED) is 0.907. The number of fused-ring (bicyclic) bond motifs is 1. The van der Waals surface area contributed by atoms with Crippen molar-refractivity contribution in [1.82, 2.24) is 0 Å². The van der Waals surface area contributed by atoms with Crippen LogP contribution in [0, 0.1) is 0 Å². The molecule has 1 aliphatic heterocycles. The first kappa shape index (κ1) is 14.5. The van der Waals surface area contributed by atoms with Crippen molar-refractivity contribution in [2.45, 2.75) is 36.9 Å². The van der Waals surface area contributed by atoms with Crippen molar-refractivity contribution in [2.24, 2.45) is 0 Å². The number of aliphatic hydroxyl groups excluding tert-OH is 1. The SMILES string of the molecule is CC(C)Oc1ccccc1C(O)C1CSc2ccccc21. The van der Waals surface area contributed by atoms with Gasteiger partial charge < -0.3 is 9.84 Å². The lowest BCUT2D eigenvalue weighted by molar-refractivity contribution is 0.144. The molecule has 0 bridgehead atoms. The number of hydrogen-bond donors (Lipinski definition) is 1. The molecule has 3 rings (SSSR count). The molecule has 2 nitrogen and oxygen atoms in total. The molecule has 3 heteroatoms. The molecule has 2 aromatic rings. The Hall–Kier alpha value is -1.45. The minimum Gasteiger partial charge on any atom is -0.491 e. The van der Waals surface area contributed by atoms with E-state index in [0.717, 1.165) is 17.1 Å². The van der Waals surface area contributed by atoms with Gasteiger partial charge in [0, 0.05) is 22.1 Å². The number of hydrogen-bond acceptors (Lipinski definition) is 3. The average molecular weight is 300 g/mol. The monoisotopic (exact) mass is 300 g/mol. The molecule has 0 aliphatic carbocycles. The molecule has 2 unspecified atom stereocenters. The molecular weight excluding hydrogens is 280 g/mol. The van der Waals surface area contributed by atoms with Crippen molar-refractivity contribution in [1.29, 1.82) is 0 Å². The Morgan fingerprint density at radius 1 is 1.10 bits per heavy atom. The van der Waals surface area contributed by atoms with Gasteiger partial charge in [-0.2, -0.15) is 0 Å². The Kier molecular flexibility index (Phi) is 4.22. The summed E-state index contributed by atoms with van der Waals surface area (Å²) in [6.07, 6.45) is -0.431. The second kappa shape index (κ2) is 6.12. The minimum absolute atomic E-state index is 0.101. The van der Waals surface area contributed by atoms with Crippen LogP contribution in [0.25, 0.3) is 0 Å². The zero-order valence-corrected chi connectivity index (χ0v) is 13.1. The van der Waals surface area contributed by atoms with Crippen molar-refractivity contribution in [3.63, 3.8) is 0 Å². The molecule has 110 valence electrons. The molecule has 0 amide bonds. The number of ether oxygens (including phenoxy) is 1. The van der Waals surface area contributed by atoms with Crippen LogP contribution in [0.15, 0.2) is 53.4 Å². The zero-order valence-electron chi connectivity index (χ0n) is 12.3. The van der Waals surface area contributed by atoms with Crippen molar-refractivity contribution < 1.29 is 9.84 Å². The summed E-state index contributed by atoms with van der Waals surface area (Å²) in [7, 11) is 0. The van der Waals surface area contributed by atoms with E-state index in [9.17, 15) is 5.11 Å². The van der Waals surface area contributed by atoms with E-state index in [4.69, 9.17) is 4.74 Å². The summed E-state index contributed by atoms with van der Waals surface area (Å²) < 4.78 is 5.85. The Morgan fingerprint density at radius 2 is 1.81 bits per heavy atom. The van der Waals surface area contributed by atoms with Gasteiger partial charge in [-0.05, 0) is 31.5 Å². The largest absolute Gasteiger partial charge is 0.491 e. The fourth-order valence-electron chi connectivity index (χ4n) is 2.75. The lowest BCUT2D eigenvalue weighted by Gasteiger charge is -2.22. The van der Waals surface area contributed by atoms with E-state index in [1.165, 1.54) is 10.5 Å². The summed E-state index contributed by atoms with van der Waals surface area (Å²) in [5.41, 5.74) is 2.13. The Morgan fingerprint density at radius 3 is 2.62 bits per heavy atom. The van der Waals surface area contributed by atoms with Crippen LogP contribution in [0.4, 0.5) is 0 Å². The summed E-state index contributed by atoms with van der Waals surface area (Å²) in [5, 5.41) is 10.9. The zero-order chi connectivity index (χ0) is 14.8. The van der Waals surface area contributed by atoms with Gasteiger partial charge in [0.25, 0.3) is 0 Å². The second-order valence-electron chi connectivity index (χ2n) is 5.60. The Balaban J connectivity index is 1.91. The summed E-state index contributed by atoms with van der Waals surface area (Å²) >= 11 is 1.82. The van der Waals surface area contributed by atoms with Crippen LogP contribution < -0.4 is 4.74 Å². The van der Waals surface area contributed by atoms with Crippen molar-refractivity contribution in [3.8, 4) is 5.75 Å². The summed E-state index contributed by atoms with van der Waals surface area (Å²) in [4.78, 5) is 1.28. The third-order valence-electron chi connectivity index (χ3n) is 3.72. The normalized spacial score (nSPS) is 18.6. The molecule has 2 aromatic carbocycles. The predicted molar refractivity (Wildman–Crippen MR) is 87.1 cm³/mol. The van der Waals surface area contributed by atoms with Gasteiger partial charge in [0.15, 0.2) is 0 Å². The van der Waals surface area contributed by atoms with E-state index in [2.05, 4.69) is 18.2 Å². The van der Waals surface area contributed by atoms with Crippen molar-refractivity contribution in [2.75, 3.05) is 5.75 Å². The number of benzene rings is 2. The predicted octanol–water partition coefficient (Wildman–Crippen LogP) is 4.40. The molecule has 1 aliphatic rings. The van der Waals surface area contributed by atoms with Crippen molar-refractivity contribution in [3.05, 3.63) is 59.7 Å². The molecule has 0 fully saturated rings. The number of para-hydroxylation sites is 1. The number of aliphatic hydroxyl groups is 1. The van der Waals surface area contributed by atoms with Gasteiger partial charge in [0.05, 0.1) is 12.2 Å². The van der Waals surface area contributed by atoms with Crippen molar-refractivity contribution >= 4 is 11.8 Å². The van der Waals surface area contributed by atoms with Gasteiger partial charge in [0.1, 0.15) is 5.75 Å². The topological polar surface area (TPSA) is 29.5 Å². The summed E-state index contributed by atoms with van der Waals surface area (Å²) in [6, 6.07) is 16.2. The Labute approximate surface area is 130 Å².